The number of rotatable bonds is 6. The third-order valence-electron chi connectivity index (χ3n) is 4.58. The molecule has 0 aliphatic heterocycles. The van der Waals surface area contributed by atoms with Crippen LogP contribution in [0.3, 0.4) is 0 Å². The van der Waals surface area contributed by atoms with Crippen LogP contribution in [0.2, 0.25) is 0 Å². The van der Waals surface area contributed by atoms with Gasteiger partial charge in [-0.25, -0.2) is 0 Å². The van der Waals surface area contributed by atoms with Gasteiger partial charge in [0.15, 0.2) is 0 Å². The van der Waals surface area contributed by atoms with Gasteiger partial charge in [0.05, 0.1) is 13.2 Å². The molecule has 4 heteroatoms. The predicted octanol–water partition coefficient (Wildman–Crippen LogP) is 4.23. The molecule has 0 radical (unpaired) electrons. The number of methoxy groups -OCH3 is 1. The number of ether oxygens (including phenoxy) is 1. The summed E-state index contributed by atoms with van der Waals surface area (Å²) in [6.07, 6.45) is 0.837. The van der Waals surface area contributed by atoms with E-state index in [2.05, 4.69) is 35.0 Å². The van der Waals surface area contributed by atoms with Crippen LogP contribution in [0.15, 0.2) is 54.6 Å². The van der Waals surface area contributed by atoms with Crippen molar-refractivity contribution in [2.75, 3.05) is 7.11 Å². The first-order chi connectivity index (χ1) is 12.1. The second kappa shape index (κ2) is 7.43. The Morgan fingerprint density at radius 3 is 2.56 bits per heavy atom. The van der Waals surface area contributed by atoms with Gasteiger partial charge in [-0.2, -0.15) is 0 Å². The molecule has 0 unspecified atom stereocenters. The van der Waals surface area contributed by atoms with Crippen LogP contribution in [0.4, 0.5) is 0 Å². The number of carbonyl (C=O) groups excluding carboxylic acids is 1. The molecule has 4 nitrogen and oxygen atoms in total. The van der Waals surface area contributed by atoms with Gasteiger partial charge in [0.25, 0.3) is 0 Å². The zero-order valence-corrected chi connectivity index (χ0v) is 15.0. The minimum absolute atomic E-state index is 0.000499. The highest BCUT2D eigenvalue weighted by atomic mass is 16.5. The first-order valence-corrected chi connectivity index (χ1v) is 8.60. The Balaban J connectivity index is 1.74. The Hall–Kier alpha value is -2.75. The number of hydrogen-bond acceptors (Lipinski definition) is 2. The average Bonchev–Trinajstić information content (AvgIpc) is 2.95. The van der Waals surface area contributed by atoms with Crippen LogP contribution >= 0.6 is 0 Å². The van der Waals surface area contributed by atoms with Crippen molar-refractivity contribution in [1.82, 2.24) is 9.88 Å². The number of aromatic nitrogens is 1. The lowest BCUT2D eigenvalue weighted by Gasteiger charge is -2.19. The van der Waals surface area contributed by atoms with E-state index in [0.717, 1.165) is 34.3 Å². The molecule has 1 amide bonds. The fourth-order valence-corrected chi connectivity index (χ4v) is 3.20. The van der Waals surface area contributed by atoms with Gasteiger partial charge in [-0.15, -0.1) is 0 Å². The Morgan fingerprint density at radius 2 is 1.88 bits per heavy atom. The molecule has 1 N–H and O–H groups in total. The molecule has 3 rings (SSSR count). The Kier molecular flexibility index (Phi) is 5.08. The summed E-state index contributed by atoms with van der Waals surface area (Å²) in [7, 11) is 1.65. The summed E-state index contributed by atoms with van der Waals surface area (Å²) >= 11 is 0. The maximum Gasteiger partial charge on any atom is 0.240 e. The number of aryl methyl sites for hydroxylation is 1. The van der Waals surface area contributed by atoms with Crippen LogP contribution in [0, 0.1) is 6.92 Å². The van der Waals surface area contributed by atoms with Crippen molar-refractivity contribution in [3.8, 4) is 5.75 Å². The Bertz CT molecular complexity index is 865. The molecule has 1 atom stereocenters. The van der Waals surface area contributed by atoms with Gasteiger partial charge in [-0.3, -0.25) is 4.79 Å². The van der Waals surface area contributed by atoms with E-state index in [1.807, 2.05) is 43.3 Å². The third kappa shape index (κ3) is 3.68. The lowest BCUT2D eigenvalue weighted by atomic mass is 10.0. The van der Waals surface area contributed by atoms with Crippen molar-refractivity contribution in [1.29, 1.82) is 0 Å². The first-order valence-electron chi connectivity index (χ1n) is 8.60. The smallest absolute Gasteiger partial charge is 0.240 e. The lowest BCUT2D eigenvalue weighted by Crippen LogP contribution is -2.31. The average molecular weight is 336 g/mol. The normalized spacial score (nSPS) is 12.1. The number of amides is 1. The SMILES string of the molecule is CC[C@H](NC(=O)Cn1c(C)cc2ccccc21)c1ccc(OC)cc1. The summed E-state index contributed by atoms with van der Waals surface area (Å²) in [5.41, 5.74) is 3.27. The lowest BCUT2D eigenvalue weighted by molar-refractivity contribution is -0.122. The standard InChI is InChI=1S/C21H24N2O2/c1-4-19(16-9-11-18(25-3)12-10-16)22-21(24)14-23-15(2)13-17-7-5-6-8-20(17)23/h5-13,19H,4,14H2,1-3H3,(H,22,24)/t19-/m0/s1. The maximum absolute atomic E-state index is 12.6. The number of fused-ring (bicyclic) bond motifs is 1. The monoisotopic (exact) mass is 336 g/mol. The summed E-state index contributed by atoms with van der Waals surface area (Å²) in [4.78, 5) is 12.6. The number of hydrogen-bond donors (Lipinski definition) is 1. The second-order valence-corrected chi connectivity index (χ2v) is 6.23. The van der Waals surface area contributed by atoms with Crippen molar-refractivity contribution in [2.45, 2.75) is 32.9 Å². The summed E-state index contributed by atoms with van der Waals surface area (Å²) in [5.74, 6) is 0.839. The molecule has 1 heterocycles. The predicted molar refractivity (Wildman–Crippen MR) is 101 cm³/mol. The first kappa shape index (κ1) is 17.1. The highest BCUT2D eigenvalue weighted by molar-refractivity contribution is 5.84. The zero-order valence-electron chi connectivity index (χ0n) is 15.0. The largest absolute Gasteiger partial charge is 0.497 e. The molecule has 2 aromatic carbocycles. The number of para-hydroxylation sites is 1. The topological polar surface area (TPSA) is 43.3 Å². The summed E-state index contributed by atoms with van der Waals surface area (Å²) < 4.78 is 7.26. The van der Waals surface area contributed by atoms with Crippen LogP contribution in [0.5, 0.6) is 5.75 Å². The van der Waals surface area contributed by atoms with E-state index >= 15 is 0 Å². The molecule has 0 spiro atoms. The molecule has 130 valence electrons. The summed E-state index contributed by atoms with van der Waals surface area (Å²) in [5, 5.41) is 4.31. The fraction of sp³-hybridized carbons (Fsp3) is 0.286. The van der Waals surface area contributed by atoms with Crippen molar-refractivity contribution in [3.63, 3.8) is 0 Å². The quantitative estimate of drug-likeness (QED) is 0.732. The molecule has 1 aromatic heterocycles. The van der Waals surface area contributed by atoms with Gasteiger partial charge < -0.3 is 14.6 Å². The van der Waals surface area contributed by atoms with Gasteiger partial charge >= 0.3 is 0 Å². The van der Waals surface area contributed by atoms with E-state index in [1.54, 1.807) is 7.11 Å². The summed E-state index contributed by atoms with van der Waals surface area (Å²) in [6.45, 7) is 4.44. The van der Waals surface area contributed by atoms with Crippen LogP contribution in [0.25, 0.3) is 10.9 Å². The number of carbonyl (C=O) groups is 1. The highest BCUT2D eigenvalue weighted by Crippen LogP contribution is 2.21. The van der Waals surface area contributed by atoms with Gasteiger partial charge in [0, 0.05) is 11.2 Å². The van der Waals surface area contributed by atoms with E-state index in [1.165, 1.54) is 0 Å². The molecule has 3 aromatic rings. The molecular formula is C21H24N2O2. The van der Waals surface area contributed by atoms with E-state index < -0.39 is 0 Å². The van der Waals surface area contributed by atoms with Crippen LogP contribution in [-0.4, -0.2) is 17.6 Å². The molecule has 0 saturated heterocycles. The minimum Gasteiger partial charge on any atom is -0.497 e. The van der Waals surface area contributed by atoms with Crippen molar-refractivity contribution in [3.05, 3.63) is 65.9 Å². The van der Waals surface area contributed by atoms with Gasteiger partial charge in [0.2, 0.25) is 5.91 Å². The van der Waals surface area contributed by atoms with Crippen molar-refractivity contribution in [2.24, 2.45) is 0 Å². The van der Waals surface area contributed by atoms with Crippen LogP contribution < -0.4 is 10.1 Å². The Morgan fingerprint density at radius 1 is 1.16 bits per heavy atom. The fourth-order valence-electron chi connectivity index (χ4n) is 3.20. The van der Waals surface area contributed by atoms with Crippen molar-refractivity contribution >= 4 is 16.8 Å². The Labute approximate surface area is 148 Å². The molecule has 0 saturated carbocycles. The third-order valence-corrected chi connectivity index (χ3v) is 4.58. The number of benzene rings is 2. The number of nitrogens with one attached hydrogen (secondary N) is 1. The molecule has 0 aliphatic carbocycles. The molecule has 0 bridgehead atoms. The van der Waals surface area contributed by atoms with Gasteiger partial charge in [-0.05, 0) is 48.6 Å². The number of nitrogens with zero attached hydrogens (tertiary/aromatic N) is 1. The highest BCUT2D eigenvalue weighted by Gasteiger charge is 2.15. The van der Waals surface area contributed by atoms with E-state index in [-0.39, 0.29) is 11.9 Å². The molecule has 0 fully saturated rings. The molecule has 25 heavy (non-hydrogen) atoms. The molecular weight excluding hydrogens is 312 g/mol. The zero-order chi connectivity index (χ0) is 17.8. The van der Waals surface area contributed by atoms with Crippen LogP contribution in [-0.2, 0) is 11.3 Å². The van der Waals surface area contributed by atoms with Gasteiger partial charge in [0.1, 0.15) is 12.3 Å². The minimum atomic E-state index is 0.000499. The van der Waals surface area contributed by atoms with Crippen molar-refractivity contribution < 1.29 is 9.53 Å². The van der Waals surface area contributed by atoms with Crippen LogP contribution in [0.1, 0.15) is 30.6 Å². The molecule has 0 aliphatic rings. The van der Waals surface area contributed by atoms with E-state index in [4.69, 9.17) is 4.74 Å². The van der Waals surface area contributed by atoms with Gasteiger partial charge in [-0.1, -0.05) is 37.3 Å². The maximum atomic E-state index is 12.6. The van der Waals surface area contributed by atoms with E-state index in [0.29, 0.717) is 6.54 Å². The summed E-state index contributed by atoms with van der Waals surface area (Å²) in [6, 6.07) is 18.1. The second-order valence-electron chi connectivity index (χ2n) is 6.23. The van der Waals surface area contributed by atoms with E-state index in [9.17, 15) is 4.79 Å².